The monoisotopic (exact) mass is 206 g/mol. The first kappa shape index (κ1) is 11.6. The van der Waals surface area contributed by atoms with Gasteiger partial charge in [0.1, 0.15) is 5.75 Å². The Bertz CT molecular complexity index is 306. The Morgan fingerprint density at radius 1 is 1.33 bits per heavy atom. The molecule has 0 aromatic heterocycles. The molecule has 0 spiro atoms. The summed E-state index contributed by atoms with van der Waals surface area (Å²) in [5.41, 5.74) is 6.55. The van der Waals surface area contributed by atoms with Crippen LogP contribution in [0, 0.1) is 5.41 Å². The molecule has 3 nitrogen and oxygen atoms in total. The van der Waals surface area contributed by atoms with Crippen LogP contribution in [0.1, 0.15) is 25.3 Å². The Kier molecular flexibility index (Phi) is 4.68. The lowest BCUT2D eigenvalue weighted by Crippen LogP contribution is -2.13. The fourth-order valence-corrected chi connectivity index (χ4v) is 1.32. The molecular formula is C12H18N2O. The van der Waals surface area contributed by atoms with Crippen molar-refractivity contribution in [3.63, 3.8) is 0 Å². The fraction of sp³-hybridized carbons (Fsp3) is 0.417. The Labute approximate surface area is 90.8 Å². The summed E-state index contributed by atoms with van der Waals surface area (Å²) >= 11 is 0. The van der Waals surface area contributed by atoms with Crippen LogP contribution in [0.15, 0.2) is 24.3 Å². The number of ether oxygens (including phenoxy) is 1. The molecule has 0 radical (unpaired) electrons. The third kappa shape index (κ3) is 4.49. The van der Waals surface area contributed by atoms with Crippen molar-refractivity contribution in [3.05, 3.63) is 29.8 Å². The van der Waals surface area contributed by atoms with Crippen LogP contribution in [0.2, 0.25) is 0 Å². The molecule has 0 saturated heterocycles. The summed E-state index contributed by atoms with van der Waals surface area (Å²) in [6.07, 6.45) is 2.75. The van der Waals surface area contributed by atoms with E-state index in [9.17, 15) is 0 Å². The van der Waals surface area contributed by atoms with Gasteiger partial charge in [-0.15, -0.1) is 0 Å². The highest BCUT2D eigenvalue weighted by molar-refractivity contribution is 5.76. The molecule has 1 rings (SSSR count). The van der Waals surface area contributed by atoms with Gasteiger partial charge in [0.05, 0.1) is 12.4 Å². The number of amidine groups is 1. The zero-order valence-electron chi connectivity index (χ0n) is 9.12. The molecule has 0 saturated carbocycles. The maximum absolute atomic E-state index is 7.05. The van der Waals surface area contributed by atoms with Crippen molar-refractivity contribution < 1.29 is 4.74 Å². The lowest BCUT2D eigenvalue weighted by molar-refractivity contribution is 0.328. The summed E-state index contributed by atoms with van der Waals surface area (Å²) < 4.78 is 5.43. The fourth-order valence-electron chi connectivity index (χ4n) is 1.32. The number of aryl methyl sites for hydroxylation is 1. The zero-order chi connectivity index (χ0) is 11.1. The van der Waals surface area contributed by atoms with E-state index in [1.807, 2.05) is 12.1 Å². The number of nitrogens with one attached hydrogen (secondary N) is 1. The number of benzene rings is 1. The van der Waals surface area contributed by atoms with Gasteiger partial charge in [-0.3, -0.25) is 5.41 Å². The average molecular weight is 206 g/mol. The number of hydrogen-bond donors (Lipinski definition) is 2. The van der Waals surface area contributed by atoms with E-state index in [-0.39, 0.29) is 5.84 Å². The van der Waals surface area contributed by atoms with Crippen LogP contribution in [0.3, 0.4) is 0 Å². The maximum atomic E-state index is 7.05. The van der Waals surface area contributed by atoms with Crippen molar-refractivity contribution in [3.8, 4) is 5.75 Å². The first-order valence-electron chi connectivity index (χ1n) is 5.27. The second-order valence-electron chi connectivity index (χ2n) is 3.52. The van der Waals surface area contributed by atoms with Crippen molar-refractivity contribution in [2.75, 3.05) is 6.61 Å². The van der Waals surface area contributed by atoms with E-state index in [1.165, 1.54) is 5.56 Å². The molecule has 0 amide bonds. The second-order valence-corrected chi connectivity index (χ2v) is 3.52. The normalized spacial score (nSPS) is 9.93. The lowest BCUT2D eigenvalue weighted by atomic mass is 10.1. The van der Waals surface area contributed by atoms with Crippen molar-refractivity contribution in [1.29, 1.82) is 5.41 Å². The largest absolute Gasteiger partial charge is 0.493 e. The van der Waals surface area contributed by atoms with Crippen molar-refractivity contribution in [2.45, 2.75) is 26.2 Å². The number of rotatable bonds is 6. The quantitative estimate of drug-likeness (QED) is 0.554. The van der Waals surface area contributed by atoms with E-state index in [2.05, 4.69) is 19.1 Å². The van der Waals surface area contributed by atoms with Gasteiger partial charge in [-0.25, -0.2) is 0 Å². The molecular weight excluding hydrogens is 188 g/mol. The van der Waals surface area contributed by atoms with Gasteiger partial charge in [0.15, 0.2) is 0 Å². The van der Waals surface area contributed by atoms with Gasteiger partial charge in [-0.05, 0) is 24.1 Å². The lowest BCUT2D eigenvalue weighted by Gasteiger charge is -2.06. The SMILES string of the molecule is CCCc1ccc(OCCC(=N)N)cc1. The van der Waals surface area contributed by atoms with Gasteiger partial charge in [0.2, 0.25) is 0 Å². The zero-order valence-corrected chi connectivity index (χ0v) is 9.12. The first-order chi connectivity index (χ1) is 7.22. The van der Waals surface area contributed by atoms with Gasteiger partial charge >= 0.3 is 0 Å². The molecule has 3 N–H and O–H groups in total. The van der Waals surface area contributed by atoms with Crippen LogP contribution < -0.4 is 10.5 Å². The molecule has 0 bridgehead atoms. The first-order valence-corrected chi connectivity index (χ1v) is 5.27. The molecule has 82 valence electrons. The van der Waals surface area contributed by atoms with Crippen molar-refractivity contribution in [1.82, 2.24) is 0 Å². The van der Waals surface area contributed by atoms with Crippen LogP contribution in [0.5, 0.6) is 5.75 Å². The molecule has 0 heterocycles. The Morgan fingerprint density at radius 3 is 2.53 bits per heavy atom. The smallest absolute Gasteiger partial charge is 0.119 e. The van der Waals surface area contributed by atoms with Crippen molar-refractivity contribution in [2.24, 2.45) is 5.73 Å². The van der Waals surface area contributed by atoms with Gasteiger partial charge < -0.3 is 10.5 Å². The Morgan fingerprint density at radius 2 is 2.00 bits per heavy atom. The highest BCUT2D eigenvalue weighted by Crippen LogP contribution is 2.13. The molecule has 0 fully saturated rings. The highest BCUT2D eigenvalue weighted by atomic mass is 16.5. The summed E-state index contributed by atoms with van der Waals surface area (Å²) in [4.78, 5) is 0. The minimum Gasteiger partial charge on any atom is -0.493 e. The van der Waals surface area contributed by atoms with Crippen LogP contribution in [0.4, 0.5) is 0 Å². The third-order valence-electron chi connectivity index (χ3n) is 2.10. The summed E-state index contributed by atoms with van der Waals surface area (Å²) in [7, 11) is 0. The predicted molar refractivity (Wildman–Crippen MR) is 62.5 cm³/mol. The van der Waals surface area contributed by atoms with Gasteiger partial charge in [-0.1, -0.05) is 25.5 Å². The molecule has 3 heteroatoms. The maximum Gasteiger partial charge on any atom is 0.119 e. The molecule has 1 aromatic carbocycles. The number of nitrogens with two attached hydrogens (primary N) is 1. The molecule has 0 atom stereocenters. The van der Waals surface area contributed by atoms with Crippen LogP contribution in [-0.2, 0) is 6.42 Å². The standard InChI is InChI=1S/C12H18N2O/c1-2-3-10-4-6-11(7-5-10)15-9-8-12(13)14/h4-7H,2-3,8-9H2,1H3,(H3,13,14). The summed E-state index contributed by atoms with van der Waals surface area (Å²) in [6.45, 7) is 2.64. The third-order valence-corrected chi connectivity index (χ3v) is 2.10. The topological polar surface area (TPSA) is 59.1 Å². The minimum atomic E-state index is 0.164. The average Bonchev–Trinajstić information content (AvgIpc) is 2.20. The summed E-state index contributed by atoms with van der Waals surface area (Å²) in [5, 5.41) is 7.05. The Hall–Kier alpha value is -1.51. The molecule has 15 heavy (non-hydrogen) atoms. The van der Waals surface area contributed by atoms with Crippen LogP contribution >= 0.6 is 0 Å². The van der Waals surface area contributed by atoms with E-state index < -0.39 is 0 Å². The van der Waals surface area contributed by atoms with Crippen LogP contribution in [0.25, 0.3) is 0 Å². The van der Waals surface area contributed by atoms with Gasteiger partial charge in [0.25, 0.3) is 0 Å². The second kappa shape index (κ2) is 6.06. The predicted octanol–water partition coefficient (Wildman–Crippen LogP) is 2.34. The number of hydrogen-bond acceptors (Lipinski definition) is 2. The summed E-state index contributed by atoms with van der Waals surface area (Å²) in [5.74, 6) is 1.01. The van der Waals surface area contributed by atoms with E-state index >= 15 is 0 Å². The minimum absolute atomic E-state index is 0.164. The molecule has 0 aliphatic heterocycles. The summed E-state index contributed by atoms with van der Waals surface area (Å²) in [6, 6.07) is 8.08. The molecule has 0 aliphatic carbocycles. The van der Waals surface area contributed by atoms with E-state index in [0.717, 1.165) is 18.6 Å². The van der Waals surface area contributed by atoms with E-state index in [0.29, 0.717) is 13.0 Å². The van der Waals surface area contributed by atoms with Gasteiger partial charge in [-0.2, -0.15) is 0 Å². The molecule has 0 aliphatic rings. The highest BCUT2D eigenvalue weighted by Gasteiger charge is 1.95. The Balaban J connectivity index is 2.39. The van der Waals surface area contributed by atoms with Crippen molar-refractivity contribution >= 4 is 5.84 Å². The molecule has 1 aromatic rings. The van der Waals surface area contributed by atoms with Gasteiger partial charge in [0, 0.05) is 6.42 Å². The van der Waals surface area contributed by atoms with E-state index in [4.69, 9.17) is 15.9 Å². The van der Waals surface area contributed by atoms with Crippen LogP contribution in [-0.4, -0.2) is 12.4 Å². The molecule has 0 unspecified atom stereocenters. The van der Waals surface area contributed by atoms with E-state index in [1.54, 1.807) is 0 Å².